The Hall–Kier alpha value is -3.57. The van der Waals surface area contributed by atoms with Crippen LogP contribution in [0.1, 0.15) is 12.6 Å². The van der Waals surface area contributed by atoms with Crippen molar-refractivity contribution in [3.8, 4) is 11.3 Å². The van der Waals surface area contributed by atoms with E-state index in [1.165, 1.54) is 47.7 Å². The van der Waals surface area contributed by atoms with Crippen molar-refractivity contribution in [3.63, 3.8) is 0 Å². The minimum atomic E-state index is -3.94. The standard InChI is InChI=1S/C21H17FN4O4S2/c1-13(27)25-32(29,30)18-8-6-16(7-9-18)23-20(28)10-17-12-31-21-24-19(11-26(17)21)14-2-4-15(22)5-3-14/h2-9,11-12H,10H2,1H3,(H,23,28)(H,25,27). The zero-order chi connectivity index (χ0) is 22.9. The molecule has 2 heterocycles. The molecule has 0 saturated heterocycles. The molecule has 2 amide bonds. The van der Waals surface area contributed by atoms with Gasteiger partial charge in [0.05, 0.1) is 17.0 Å². The number of anilines is 1. The van der Waals surface area contributed by atoms with Gasteiger partial charge in [0.1, 0.15) is 5.82 Å². The number of aromatic nitrogens is 2. The number of fused-ring (bicyclic) bond motifs is 1. The van der Waals surface area contributed by atoms with Gasteiger partial charge in [0, 0.05) is 35.4 Å². The Morgan fingerprint density at radius 2 is 1.78 bits per heavy atom. The van der Waals surface area contributed by atoms with Gasteiger partial charge >= 0.3 is 0 Å². The lowest BCUT2D eigenvalue weighted by Gasteiger charge is -2.07. The summed E-state index contributed by atoms with van der Waals surface area (Å²) in [6, 6.07) is 11.5. The Bertz CT molecular complexity index is 1410. The van der Waals surface area contributed by atoms with Crippen molar-refractivity contribution in [3.05, 3.63) is 71.6 Å². The highest BCUT2D eigenvalue weighted by Crippen LogP contribution is 2.24. The summed E-state index contributed by atoms with van der Waals surface area (Å²) in [6.45, 7) is 1.11. The zero-order valence-corrected chi connectivity index (χ0v) is 18.3. The van der Waals surface area contributed by atoms with Crippen LogP contribution in [0.2, 0.25) is 0 Å². The topological polar surface area (TPSA) is 110 Å². The number of benzene rings is 2. The molecule has 0 aliphatic carbocycles. The number of imidazole rings is 1. The van der Waals surface area contributed by atoms with Crippen molar-refractivity contribution in [2.24, 2.45) is 0 Å². The Balaban J connectivity index is 1.46. The van der Waals surface area contributed by atoms with Gasteiger partial charge in [-0.05, 0) is 48.5 Å². The SMILES string of the molecule is CC(=O)NS(=O)(=O)c1ccc(NC(=O)Cc2csc3nc(-c4ccc(F)cc4)cn23)cc1. The number of hydrogen-bond donors (Lipinski definition) is 2. The molecule has 2 aromatic carbocycles. The summed E-state index contributed by atoms with van der Waals surface area (Å²) in [4.78, 5) is 28.7. The van der Waals surface area contributed by atoms with Crippen molar-refractivity contribution in [2.45, 2.75) is 18.2 Å². The Morgan fingerprint density at radius 3 is 2.44 bits per heavy atom. The van der Waals surface area contributed by atoms with Gasteiger partial charge in [0.15, 0.2) is 4.96 Å². The summed E-state index contributed by atoms with van der Waals surface area (Å²) >= 11 is 1.39. The highest BCUT2D eigenvalue weighted by molar-refractivity contribution is 7.90. The summed E-state index contributed by atoms with van der Waals surface area (Å²) in [6.07, 6.45) is 1.87. The molecule has 32 heavy (non-hydrogen) atoms. The van der Waals surface area contributed by atoms with Crippen LogP contribution in [-0.2, 0) is 26.0 Å². The van der Waals surface area contributed by atoms with E-state index in [1.54, 1.807) is 18.3 Å². The first-order chi connectivity index (χ1) is 15.2. The second-order valence-electron chi connectivity index (χ2n) is 6.92. The van der Waals surface area contributed by atoms with Crippen molar-refractivity contribution in [1.29, 1.82) is 0 Å². The number of nitrogens with zero attached hydrogens (tertiary/aromatic N) is 2. The van der Waals surface area contributed by atoms with Gasteiger partial charge in [-0.2, -0.15) is 0 Å². The maximum absolute atomic E-state index is 13.1. The molecule has 164 valence electrons. The Labute approximate surface area is 186 Å². The van der Waals surface area contributed by atoms with Gasteiger partial charge in [-0.25, -0.2) is 22.5 Å². The van der Waals surface area contributed by atoms with E-state index < -0.39 is 15.9 Å². The third-order valence-electron chi connectivity index (χ3n) is 4.49. The van der Waals surface area contributed by atoms with Crippen molar-refractivity contribution < 1.29 is 22.4 Å². The summed E-state index contributed by atoms with van der Waals surface area (Å²) < 4.78 is 40.8. The lowest BCUT2D eigenvalue weighted by Crippen LogP contribution is -2.28. The fourth-order valence-corrected chi connectivity index (χ4v) is 4.92. The molecular weight excluding hydrogens is 455 g/mol. The number of sulfonamides is 1. The van der Waals surface area contributed by atoms with E-state index in [0.717, 1.165) is 18.2 Å². The molecule has 0 spiro atoms. The third-order valence-corrected chi connectivity index (χ3v) is 6.83. The van der Waals surface area contributed by atoms with Crippen LogP contribution >= 0.6 is 11.3 Å². The number of rotatable bonds is 6. The van der Waals surface area contributed by atoms with Gasteiger partial charge in [0.25, 0.3) is 10.0 Å². The van der Waals surface area contributed by atoms with Crippen LogP contribution in [0.5, 0.6) is 0 Å². The Kier molecular flexibility index (Phi) is 5.76. The number of amides is 2. The summed E-state index contributed by atoms with van der Waals surface area (Å²) in [7, 11) is -3.94. The molecule has 0 bridgehead atoms. The molecule has 0 atom stereocenters. The van der Waals surface area contributed by atoms with Crippen LogP contribution in [0.3, 0.4) is 0 Å². The molecule has 0 radical (unpaired) electrons. The fourth-order valence-electron chi connectivity index (χ4n) is 3.05. The molecule has 2 N–H and O–H groups in total. The smallest absolute Gasteiger partial charge is 0.264 e. The minimum absolute atomic E-state index is 0.0746. The number of carbonyl (C=O) groups excluding carboxylic acids is 2. The molecule has 0 aliphatic heterocycles. The van der Waals surface area contributed by atoms with Crippen LogP contribution in [0.15, 0.2) is 65.0 Å². The first-order valence-electron chi connectivity index (χ1n) is 9.36. The van der Waals surface area contributed by atoms with Crippen LogP contribution in [0.25, 0.3) is 16.2 Å². The van der Waals surface area contributed by atoms with E-state index in [1.807, 2.05) is 14.5 Å². The number of halogens is 1. The van der Waals surface area contributed by atoms with Crippen LogP contribution in [0.4, 0.5) is 10.1 Å². The first kappa shape index (κ1) is 21.7. The second-order valence-corrected chi connectivity index (χ2v) is 9.44. The minimum Gasteiger partial charge on any atom is -0.326 e. The predicted molar refractivity (Wildman–Crippen MR) is 118 cm³/mol. The molecule has 8 nitrogen and oxygen atoms in total. The molecule has 11 heteroatoms. The summed E-state index contributed by atoms with van der Waals surface area (Å²) in [5, 5.41) is 4.55. The number of nitrogens with one attached hydrogen (secondary N) is 2. The highest BCUT2D eigenvalue weighted by atomic mass is 32.2. The normalized spacial score (nSPS) is 11.4. The Morgan fingerprint density at radius 1 is 1.09 bits per heavy atom. The molecule has 0 unspecified atom stereocenters. The lowest BCUT2D eigenvalue weighted by molar-refractivity contribution is -0.117. The van der Waals surface area contributed by atoms with E-state index in [-0.39, 0.29) is 23.0 Å². The maximum Gasteiger partial charge on any atom is 0.264 e. The molecule has 4 rings (SSSR count). The van der Waals surface area contributed by atoms with Gasteiger partial charge in [-0.1, -0.05) is 0 Å². The monoisotopic (exact) mass is 472 g/mol. The zero-order valence-electron chi connectivity index (χ0n) is 16.7. The fraction of sp³-hybridized carbons (Fsp3) is 0.0952. The predicted octanol–water partition coefficient (Wildman–Crippen LogP) is 3.21. The average Bonchev–Trinajstić information content (AvgIpc) is 3.30. The van der Waals surface area contributed by atoms with E-state index in [9.17, 15) is 22.4 Å². The molecule has 0 fully saturated rings. The first-order valence-corrected chi connectivity index (χ1v) is 11.7. The van der Waals surface area contributed by atoms with Crippen molar-refractivity contribution >= 4 is 43.8 Å². The average molecular weight is 473 g/mol. The van der Waals surface area contributed by atoms with E-state index in [4.69, 9.17) is 0 Å². The van der Waals surface area contributed by atoms with E-state index >= 15 is 0 Å². The van der Waals surface area contributed by atoms with Gasteiger partial charge in [-0.15, -0.1) is 11.3 Å². The molecule has 0 saturated carbocycles. The van der Waals surface area contributed by atoms with E-state index in [0.29, 0.717) is 16.3 Å². The van der Waals surface area contributed by atoms with Crippen molar-refractivity contribution in [2.75, 3.05) is 5.32 Å². The number of thiazole rings is 1. The quantitative estimate of drug-likeness (QED) is 0.448. The van der Waals surface area contributed by atoms with Gasteiger partial charge < -0.3 is 5.32 Å². The van der Waals surface area contributed by atoms with Gasteiger partial charge in [0.2, 0.25) is 11.8 Å². The largest absolute Gasteiger partial charge is 0.326 e. The van der Waals surface area contributed by atoms with Crippen LogP contribution < -0.4 is 10.0 Å². The molecular formula is C21H17FN4O4S2. The van der Waals surface area contributed by atoms with E-state index in [2.05, 4.69) is 10.3 Å². The number of carbonyl (C=O) groups is 2. The second kappa shape index (κ2) is 8.52. The number of hydrogen-bond acceptors (Lipinski definition) is 6. The van der Waals surface area contributed by atoms with Gasteiger partial charge in [-0.3, -0.25) is 14.0 Å². The molecule has 0 aliphatic rings. The van der Waals surface area contributed by atoms with Crippen LogP contribution in [0, 0.1) is 5.82 Å². The molecule has 2 aromatic heterocycles. The van der Waals surface area contributed by atoms with Crippen LogP contribution in [-0.4, -0.2) is 29.6 Å². The highest BCUT2D eigenvalue weighted by Gasteiger charge is 2.16. The summed E-state index contributed by atoms with van der Waals surface area (Å²) in [5.41, 5.74) is 2.59. The third kappa shape index (κ3) is 4.68. The maximum atomic E-state index is 13.1. The summed E-state index contributed by atoms with van der Waals surface area (Å²) in [5.74, 6) is -1.31. The van der Waals surface area contributed by atoms with Crippen molar-refractivity contribution in [1.82, 2.24) is 14.1 Å². The molecule has 4 aromatic rings. The lowest BCUT2D eigenvalue weighted by atomic mass is 10.2.